The molecule has 1 heterocycles. The molecule has 1 aliphatic rings. The normalized spacial score (nSPS) is 17.5. The lowest BCUT2D eigenvalue weighted by Crippen LogP contribution is -2.35. The van der Waals surface area contributed by atoms with Crippen molar-refractivity contribution in [3.63, 3.8) is 0 Å². The largest absolute Gasteiger partial charge is 0.324 e. The summed E-state index contributed by atoms with van der Waals surface area (Å²) in [6.45, 7) is 2.63. The molecule has 0 bridgehead atoms. The van der Waals surface area contributed by atoms with Gasteiger partial charge >= 0.3 is 0 Å². The summed E-state index contributed by atoms with van der Waals surface area (Å²) in [7, 11) is 0. The Morgan fingerprint density at radius 3 is 2.42 bits per heavy atom. The zero-order valence-corrected chi connectivity index (χ0v) is 13.4. The first-order valence-corrected chi connectivity index (χ1v) is 8.10. The van der Waals surface area contributed by atoms with Crippen LogP contribution in [0.1, 0.15) is 32.1 Å². The van der Waals surface area contributed by atoms with E-state index in [0.29, 0.717) is 6.54 Å². The molecule has 1 aromatic rings. The number of carbonyl (C=O) groups excluding carboxylic acids is 1. The molecule has 4 heteroatoms. The Hall–Kier alpha value is -0.620. The SMILES string of the molecule is O=C(CN1CCCCCCC1)Nc1ccccc1I. The first-order chi connectivity index (χ1) is 9.25. The number of amides is 1. The summed E-state index contributed by atoms with van der Waals surface area (Å²) in [5.41, 5.74) is 0.917. The number of rotatable bonds is 3. The summed E-state index contributed by atoms with van der Waals surface area (Å²) in [6.07, 6.45) is 6.39. The number of hydrogen-bond acceptors (Lipinski definition) is 2. The van der Waals surface area contributed by atoms with Crippen molar-refractivity contribution >= 4 is 34.2 Å². The van der Waals surface area contributed by atoms with E-state index >= 15 is 0 Å². The molecule has 3 nitrogen and oxygen atoms in total. The molecule has 104 valence electrons. The van der Waals surface area contributed by atoms with Crippen LogP contribution in [0.2, 0.25) is 0 Å². The van der Waals surface area contributed by atoms with E-state index < -0.39 is 0 Å². The average molecular weight is 372 g/mol. The number of carbonyl (C=O) groups is 1. The van der Waals surface area contributed by atoms with Crippen LogP contribution < -0.4 is 5.32 Å². The molecule has 0 spiro atoms. The van der Waals surface area contributed by atoms with Gasteiger partial charge in [0.2, 0.25) is 5.91 Å². The van der Waals surface area contributed by atoms with E-state index in [2.05, 4.69) is 32.8 Å². The van der Waals surface area contributed by atoms with Gasteiger partial charge in [-0.25, -0.2) is 0 Å². The fourth-order valence-electron chi connectivity index (χ4n) is 2.43. The molecule has 2 rings (SSSR count). The van der Waals surface area contributed by atoms with E-state index in [1.165, 1.54) is 32.1 Å². The molecule has 1 fully saturated rings. The van der Waals surface area contributed by atoms with E-state index in [1.807, 2.05) is 24.3 Å². The highest BCUT2D eigenvalue weighted by Crippen LogP contribution is 2.17. The molecule has 0 aliphatic carbocycles. The summed E-state index contributed by atoms with van der Waals surface area (Å²) in [4.78, 5) is 14.4. The lowest BCUT2D eigenvalue weighted by molar-refractivity contribution is -0.117. The molecule has 0 saturated carbocycles. The third kappa shape index (κ3) is 5.10. The zero-order chi connectivity index (χ0) is 13.5. The van der Waals surface area contributed by atoms with Gasteiger partial charge in [-0.1, -0.05) is 31.4 Å². The van der Waals surface area contributed by atoms with Crippen molar-refractivity contribution in [1.29, 1.82) is 0 Å². The van der Waals surface area contributed by atoms with Crippen molar-refractivity contribution < 1.29 is 4.79 Å². The number of para-hydroxylation sites is 1. The minimum atomic E-state index is 0.102. The van der Waals surface area contributed by atoms with Crippen molar-refractivity contribution in [2.75, 3.05) is 25.0 Å². The summed E-state index contributed by atoms with van der Waals surface area (Å²) in [5, 5.41) is 3.01. The predicted molar refractivity (Wildman–Crippen MR) is 87.3 cm³/mol. The number of likely N-dealkylation sites (tertiary alicyclic amines) is 1. The van der Waals surface area contributed by atoms with Gasteiger partial charge in [-0.3, -0.25) is 9.69 Å². The molecule has 0 atom stereocenters. The highest BCUT2D eigenvalue weighted by Gasteiger charge is 2.13. The van der Waals surface area contributed by atoms with E-state index in [-0.39, 0.29) is 5.91 Å². The van der Waals surface area contributed by atoms with Crippen molar-refractivity contribution in [1.82, 2.24) is 4.90 Å². The van der Waals surface area contributed by atoms with Gasteiger partial charge in [0.1, 0.15) is 0 Å². The van der Waals surface area contributed by atoms with Crippen LogP contribution in [0.15, 0.2) is 24.3 Å². The lowest BCUT2D eigenvalue weighted by Gasteiger charge is -2.23. The summed E-state index contributed by atoms with van der Waals surface area (Å²) in [6, 6.07) is 7.89. The van der Waals surface area contributed by atoms with Gasteiger partial charge in [-0.15, -0.1) is 0 Å². The second-order valence-electron chi connectivity index (χ2n) is 5.07. The molecule has 1 aliphatic heterocycles. The first kappa shape index (κ1) is 14.8. The zero-order valence-electron chi connectivity index (χ0n) is 11.2. The van der Waals surface area contributed by atoms with Crippen LogP contribution in [0, 0.1) is 3.57 Å². The summed E-state index contributed by atoms with van der Waals surface area (Å²) in [5.74, 6) is 0.102. The van der Waals surface area contributed by atoms with Crippen molar-refractivity contribution in [3.05, 3.63) is 27.8 Å². The van der Waals surface area contributed by atoms with Gasteiger partial charge in [-0.05, 0) is 60.7 Å². The number of nitrogens with zero attached hydrogens (tertiary/aromatic N) is 1. The number of halogens is 1. The van der Waals surface area contributed by atoms with Gasteiger partial charge in [0, 0.05) is 3.57 Å². The van der Waals surface area contributed by atoms with Gasteiger partial charge in [-0.2, -0.15) is 0 Å². The number of benzene rings is 1. The Kier molecular flexibility index (Phi) is 6.10. The highest BCUT2D eigenvalue weighted by molar-refractivity contribution is 14.1. The quantitative estimate of drug-likeness (QED) is 0.824. The monoisotopic (exact) mass is 372 g/mol. The minimum absolute atomic E-state index is 0.102. The maximum atomic E-state index is 12.1. The Morgan fingerprint density at radius 2 is 1.74 bits per heavy atom. The Bertz CT molecular complexity index is 414. The number of hydrogen-bond donors (Lipinski definition) is 1. The number of nitrogens with one attached hydrogen (secondary N) is 1. The van der Waals surface area contributed by atoms with Gasteiger partial charge in [0.15, 0.2) is 0 Å². The Balaban J connectivity index is 1.84. The second kappa shape index (κ2) is 7.85. The molecular formula is C15H21IN2O. The molecule has 0 radical (unpaired) electrons. The molecule has 1 N–H and O–H groups in total. The fraction of sp³-hybridized carbons (Fsp3) is 0.533. The fourth-order valence-corrected chi connectivity index (χ4v) is 2.95. The first-order valence-electron chi connectivity index (χ1n) is 7.02. The maximum Gasteiger partial charge on any atom is 0.238 e. The molecule has 0 aromatic heterocycles. The number of anilines is 1. The van der Waals surface area contributed by atoms with Crippen LogP contribution >= 0.6 is 22.6 Å². The molecule has 1 aromatic carbocycles. The van der Waals surface area contributed by atoms with Gasteiger partial charge < -0.3 is 5.32 Å². The summed E-state index contributed by atoms with van der Waals surface area (Å²) >= 11 is 2.25. The van der Waals surface area contributed by atoms with Crippen molar-refractivity contribution in [2.24, 2.45) is 0 Å². The second-order valence-corrected chi connectivity index (χ2v) is 6.23. The molecule has 1 amide bonds. The molecule has 1 saturated heterocycles. The third-order valence-electron chi connectivity index (χ3n) is 3.46. The molecule has 19 heavy (non-hydrogen) atoms. The lowest BCUT2D eigenvalue weighted by atomic mass is 10.1. The van der Waals surface area contributed by atoms with Crippen LogP contribution in [-0.4, -0.2) is 30.4 Å². The Morgan fingerprint density at radius 1 is 1.11 bits per heavy atom. The molecule has 0 unspecified atom stereocenters. The average Bonchev–Trinajstić information content (AvgIpc) is 2.35. The molecular weight excluding hydrogens is 351 g/mol. The topological polar surface area (TPSA) is 32.3 Å². The van der Waals surface area contributed by atoms with Crippen LogP contribution in [0.4, 0.5) is 5.69 Å². The van der Waals surface area contributed by atoms with Gasteiger partial charge in [0.25, 0.3) is 0 Å². The van der Waals surface area contributed by atoms with E-state index in [4.69, 9.17) is 0 Å². The van der Waals surface area contributed by atoms with Crippen LogP contribution in [-0.2, 0) is 4.79 Å². The highest BCUT2D eigenvalue weighted by atomic mass is 127. The smallest absolute Gasteiger partial charge is 0.238 e. The van der Waals surface area contributed by atoms with Crippen molar-refractivity contribution in [3.8, 4) is 0 Å². The van der Waals surface area contributed by atoms with E-state index in [9.17, 15) is 4.79 Å². The van der Waals surface area contributed by atoms with Crippen molar-refractivity contribution in [2.45, 2.75) is 32.1 Å². The van der Waals surface area contributed by atoms with Crippen LogP contribution in [0.25, 0.3) is 0 Å². The maximum absolute atomic E-state index is 12.1. The third-order valence-corrected chi connectivity index (χ3v) is 4.40. The van der Waals surface area contributed by atoms with Gasteiger partial charge in [0.05, 0.1) is 12.2 Å². The predicted octanol–water partition coefficient (Wildman–Crippen LogP) is 3.50. The van der Waals surface area contributed by atoms with Crippen LogP contribution in [0.3, 0.4) is 0 Å². The van der Waals surface area contributed by atoms with Crippen LogP contribution in [0.5, 0.6) is 0 Å². The standard InChI is InChI=1S/C15H21IN2O/c16-13-8-4-5-9-14(13)17-15(19)12-18-10-6-2-1-3-7-11-18/h4-5,8-9H,1-3,6-7,10-12H2,(H,17,19). The van der Waals surface area contributed by atoms with E-state index in [0.717, 1.165) is 22.3 Å². The minimum Gasteiger partial charge on any atom is -0.324 e. The Labute approximate surface area is 128 Å². The van der Waals surface area contributed by atoms with E-state index in [1.54, 1.807) is 0 Å². The summed E-state index contributed by atoms with van der Waals surface area (Å²) < 4.78 is 1.08.